The monoisotopic (exact) mass is 240 g/mol. The lowest BCUT2D eigenvalue weighted by Crippen LogP contribution is -2.05. The van der Waals surface area contributed by atoms with Gasteiger partial charge in [-0.05, 0) is 17.5 Å². The molecule has 0 unspecified atom stereocenters. The minimum absolute atomic E-state index is 0.0870. The second-order valence-corrected chi connectivity index (χ2v) is 4.58. The van der Waals surface area contributed by atoms with Gasteiger partial charge in [-0.15, -0.1) is 0 Å². The minimum atomic E-state index is 0.0870. The average Bonchev–Trinajstić information content (AvgIpc) is 2.40. The van der Waals surface area contributed by atoms with Crippen LogP contribution < -0.4 is 0 Å². The van der Waals surface area contributed by atoms with E-state index in [0.717, 1.165) is 11.3 Å². The first-order valence-electron chi connectivity index (χ1n) is 6.05. The first kappa shape index (κ1) is 12.4. The Kier molecular flexibility index (Phi) is 3.82. The van der Waals surface area contributed by atoms with E-state index >= 15 is 0 Å². The van der Waals surface area contributed by atoms with Crippen molar-refractivity contribution in [1.82, 2.24) is 9.97 Å². The van der Waals surface area contributed by atoms with Crippen LogP contribution in [-0.2, 0) is 6.42 Å². The molecule has 3 nitrogen and oxygen atoms in total. The van der Waals surface area contributed by atoms with Gasteiger partial charge >= 0.3 is 0 Å². The second-order valence-electron chi connectivity index (χ2n) is 4.58. The Labute approximate surface area is 107 Å². The van der Waals surface area contributed by atoms with Crippen LogP contribution in [-0.4, -0.2) is 15.8 Å². The van der Waals surface area contributed by atoms with Crippen LogP contribution in [0.25, 0.3) is 0 Å². The van der Waals surface area contributed by atoms with Crippen LogP contribution in [0.5, 0.6) is 0 Å². The summed E-state index contributed by atoms with van der Waals surface area (Å²) in [7, 11) is 0. The number of hydrogen-bond acceptors (Lipinski definition) is 3. The standard InChI is InChI=1S/C15H16N2O/c1-11(2)12-3-5-13(6-4-12)15(18)9-14-7-8-16-10-17-14/h3-8,10-11H,9H2,1-2H3. The van der Waals surface area contributed by atoms with Crippen molar-refractivity contribution in [1.29, 1.82) is 0 Å². The number of nitrogens with zero attached hydrogens (tertiary/aromatic N) is 2. The van der Waals surface area contributed by atoms with Crippen molar-refractivity contribution in [3.05, 3.63) is 59.7 Å². The van der Waals surface area contributed by atoms with Gasteiger partial charge in [0.2, 0.25) is 0 Å². The summed E-state index contributed by atoms with van der Waals surface area (Å²) in [4.78, 5) is 19.9. The summed E-state index contributed by atoms with van der Waals surface area (Å²) in [5, 5.41) is 0. The Morgan fingerprint density at radius 2 is 1.89 bits per heavy atom. The van der Waals surface area contributed by atoms with Crippen LogP contribution >= 0.6 is 0 Å². The van der Waals surface area contributed by atoms with Crippen molar-refractivity contribution in [2.45, 2.75) is 26.2 Å². The highest BCUT2D eigenvalue weighted by Gasteiger charge is 2.08. The topological polar surface area (TPSA) is 42.9 Å². The zero-order chi connectivity index (χ0) is 13.0. The molecule has 3 heteroatoms. The molecular weight excluding hydrogens is 224 g/mol. The number of rotatable bonds is 4. The van der Waals surface area contributed by atoms with E-state index in [2.05, 4.69) is 23.8 Å². The van der Waals surface area contributed by atoms with E-state index in [1.54, 1.807) is 12.3 Å². The zero-order valence-electron chi connectivity index (χ0n) is 10.6. The molecule has 1 heterocycles. The molecule has 0 bridgehead atoms. The first-order valence-corrected chi connectivity index (χ1v) is 6.05. The summed E-state index contributed by atoms with van der Waals surface area (Å²) in [5.41, 5.74) is 2.73. The maximum Gasteiger partial charge on any atom is 0.168 e. The lowest BCUT2D eigenvalue weighted by molar-refractivity contribution is 0.0992. The van der Waals surface area contributed by atoms with Gasteiger partial charge in [-0.25, -0.2) is 9.97 Å². The minimum Gasteiger partial charge on any atom is -0.294 e. The van der Waals surface area contributed by atoms with E-state index in [-0.39, 0.29) is 5.78 Å². The third kappa shape index (κ3) is 3.00. The normalized spacial score (nSPS) is 10.6. The van der Waals surface area contributed by atoms with Gasteiger partial charge in [0.15, 0.2) is 5.78 Å². The molecule has 0 spiro atoms. The largest absolute Gasteiger partial charge is 0.294 e. The number of aromatic nitrogens is 2. The summed E-state index contributed by atoms with van der Waals surface area (Å²) in [6.07, 6.45) is 3.44. The van der Waals surface area contributed by atoms with Crippen LogP contribution in [0.2, 0.25) is 0 Å². The van der Waals surface area contributed by atoms with Gasteiger partial charge in [0.25, 0.3) is 0 Å². The van der Waals surface area contributed by atoms with Crippen LogP contribution in [0, 0.1) is 0 Å². The van der Waals surface area contributed by atoms with Crippen molar-refractivity contribution in [3.8, 4) is 0 Å². The Balaban J connectivity index is 2.10. The molecule has 1 aromatic heterocycles. The van der Waals surface area contributed by atoms with Crippen LogP contribution in [0.3, 0.4) is 0 Å². The molecular formula is C15H16N2O. The number of carbonyl (C=O) groups excluding carboxylic acids is 1. The van der Waals surface area contributed by atoms with E-state index in [4.69, 9.17) is 0 Å². The fourth-order valence-corrected chi connectivity index (χ4v) is 1.74. The number of carbonyl (C=O) groups is 1. The summed E-state index contributed by atoms with van der Waals surface area (Å²) in [5.74, 6) is 0.569. The molecule has 2 rings (SSSR count). The van der Waals surface area contributed by atoms with Crippen molar-refractivity contribution in [3.63, 3.8) is 0 Å². The predicted molar refractivity (Wildman–Crippen MR) is 70.6 cm³/mol. The Hall–Kier alpha value is -2.03. The van der Waals surface area contributed by atoms with Gasteiger partial charge in [0, 0.05) is 11.8 Å². The molecule has 18 heavy (non-hydrogen) atoms. The second kappa shape index (κ2) is 5.54. The molecule has 0 aliphatic heterocycles. The van der Waals surface area contributed by atoms with Crippen LogP contribution in [0.4, 0.5) is 0 Å². The van der Waals surface area contributed by atoms with E-state index in [0.29, 0.717) is 12.3 Å². The predicted octanol–water partition coefficient (Wildman–Crippen LogP) is 3.03. The maximum atomic E-state index is 12.0. The zero-order valence-corrected chi connectivity index (χ0v) is 10.6. The molecule has 1 aromatic carbocycles. The molecule has 0 atom stereocenters. The van der Waals surface area contributed by atoms with Crippen LogP contribution in [0.15, 0.2) is 42.9 Å². The number of hydrogen-bond donors (Lipinski definition) is 0. The van der Waals surface area contributed by atoms with Gasteiger partial charge < -0.3 is 0 Å². The molecule has 0 fully saturated rings. The summed E-state index contributed by atoms with van der Waals surface area (Å²) < 4.78 is 0. The Bertz CT molecular complexity index is 518. The van der Waals surface area contributed by atoms with Gasteiger partial charge in [0.05, 0.1) is 12.1 Å². The Morgan fingerprint density at radius 3 is 2.44 bits per heavy atom. The number of Topliss-reactive ketones (excluding diaryl/α,β-unsaturated/α-hetero) is 1. The quantitative estimate of drug-likeness (QED) is 0.771. The molecule has 92 valence electrons. The molecule has 2 aromatic rings. The molecule has 0 radical (unpaired) electrons. The fraction of sp³-hybridized carbons (Fsp3) is 0.267. The lowest BCUT2D eigenvalue weighted by Gasteiger charge is -2.06. The van der Waals surface area contributed by atoms with E-state index in [1.165, 1.54) is 11.9 Å². The SMILES string of the molecule is CC(C)c1ccc(C(=O)Cc2ccncn2)cc1. The fourth-order valence-electron chi connectivity index (χ4n) is 1.74. The number of ketones is 1. The first-order chi connectivity index (χ1) is 8.66. The maximum absolute atomic E-state index is 12.0. The van der Waals surface area contributed by atoms with E-state index in [9.17, 15) is 4.79 Å². The van der Waals surface area contributed by atoms with Crippen molar-refractivity contribution < 1.29 is 4.79 Å². The van der Waals surface area contributed by atoms with Crippen molar-refractivity contribution in [2.24, 2.45) is 0 Å². The molecule has 0 amide bonds. The summed E-state index contributed by atoms with van der Waals surface area (Å²) >= 11 is 0. The molecule has 0 N–H and O–H groups in total. The highest BCUT2D eigenvalue weighted by Crippen LogP contribution is 2.15. The van der Waals surface area contributed by atoms with Gasteiger partial charge in [-0.3, -0.25) is 4.79 Å². The number of benzene rings is 1. The van der Waals surface area contributed by atoms with Gasteiger partial charge in [-0.2, -0.15) is 0 Å². The average molecular weight is 240 g/mol. The third-order valence-electron chi connectivity index (χ3n) is 2.88. The van der Waals surface area contributed by atoms with E-state index < -0.39 is 0 Å². The highest BCUT2D eigenvalue weighted by molar-refractivity contribution is 5.97. The van der Waals surface area contributed by atoms with Crippen LogP contribution in [0.1, 0.15) is 41.4 Å². The summed E-state index contributed by atoms with van der Waals surface area (Å²) in [6.45, 7) is 4.27. The lowest BCUT2D eigenvalue weighted by atomic mass is 9.99. The van der Waals surface area contributed by atoms with Crippen molar-refractivity contribution in [2.75, 3.05) is 0 Å². The molecule has 0 saturated carbocycles. The molecule has 0 saturated heterocycles. The Morgan fingerprint density at radius 1 is 1.17 bits per heavy atom. The summed E-state index contributed by atoms with van der Waals surface area (Å²) in [6, 6.07) is 9.56. The molecule has 0 aliphatic rings. The third-order valence-corrected chi connectivity index (χ3v) is 2.88. The smallest absolute Gasteiger partial charge is 0.168 e. The van der Waals surface area contributed by atoms with Gasteiger partial charge in [0.1, 0.15) is 6.33 Å². The van der Waals surface area contributed by atoms with Gasteiger partial charge in [-0.1, -0.05) is 38.1 Å². The molecule has 0 aliphatic carbocycles. The highest BCUT2D eigenvalue weighted by atomic mass is 16.1. The van der Waals surface area contributed by atoms with E-state index in [1.807, 2.05) is 24.3 Å². The van der Waals surface area contributed by atoms with Crippen molar-refractivity contribution >= 4 is 5.78 Å².